The molecule has 0 aliphatic heterocycles. The van der Waals surface area contributed by atoms with Crippen LogP contribution in [0.1, 0.15) is 5.56 Å². The van der Waals surface area contributed by atoms with Gasteiger partial charge in [0.15, 0.2) is 11.7 Å². The smallest absolute Gasteiger partial charge is 0.266 e. The highest BCUT2D eigenvalue weighted by Gasteiger charge is 2.07. The van der Waals surface area contributed by atoms with Crippen LogP contribution in [0.15, 0.2) is 53.7 Å². The van der Waals surface area contributed by atoms with Crippen molar-refractivity contribution in [3.8, 4) is 0 Å². The molecule has 3 aromatic rings. The van der Waals surface area contributed by atoms with Gasteiger partial charge in [0.05, 0.1) is 16.4 Å². The summed E-state index contributed by atoms with van der Waals surface area (Å²) in [6, 6.07) is 14.9. The number of hydrogen-bond acceptors (Lipinski definition) is 5. The minimum Gasteiger partial charge on any atom is -0.386 e. The summed E-state index contributed by atoms with van der Waals surface area (Å²) in [5.41, 5.74) is 1.58. The van der Waals surface area contributed by atoms with E-state index in [1.165, 1.54) is 17.6 Å². The fraction of sp³-hybridized carbons (Fsp3) is 0.0625. The SMILES string of the molecule is O=C(CO/N=C/c1ccccc1Cl)Nc1nc2ccccc2s1. The number of anilines is 1. The molecule has 0 aliphatic carbocycles. The van der Waals surface area contributed by atoms with E-state index in [-0.39, 0.29) is 12.5 Å². The Balaban J connectivity index is 1.52. The number of benzene rings is 2. The van der Waals surface area contributed by atoms with Crippen molar-refractivity contribution in [2.45, 2.75) is 0 Å². The molecule has 5 nitrogen and oxygen atoms in total. The molecule has 7 heteroatoms. The third-order valence-corrected chi connectivity index (χ3v) is 4.20. The molecule has 3 rings (SSSR count). The lowest BCUT2D eigenvalue weighted by Crippen LogP contribution is -2.16. The number of nitrogens with zero attached hydrogens (tertiary/aromatic N) is 2. The molecule has 0 radical (unpaired) electrons. The van der Waals surface area contributed by atoms with Gasteiger partial charge in [-0.2, -0.15) is 0 Å². The van der Waals surface area contributed by atoms with Gasteiger partial charge < -0.3 is 4.84 Å². The Bertz CT molecular complexity index is 830. The zero-order valence-corrected chi connectivity index (χ0v) is 13.5. The van der Waals surface area contributed by atoms with Gasteiger partial charge in [-0.1, -0.05) is 58.4 Å². The van der Waals surface area contributed by atoms with Crippen molar-refractivity contribution in [1.82, 2.24) is 4.98 Å². The zero-order valence-electron chi connectivity index (χ0n) is 11.9. The van der Waals surface area contributed by atoms with Crippen LogP contribution in [0.2, 0.25) is 5.02 Å². The Morgan fingerprint density at radius 1 is 1.26 bits per heavy atom. The molecule has 1 heterocycles. The second-order valence-electron chi connectivity index (χ2n) is 4.56. The number of carbonyl (C=O) groups excluding carboxylic acids is 1. The van der Waals surface area contributed by atoms with Crippen molar-refractivity contribution in [2.24, 2.45) is 5.16 Å². The molecule has 1 amide bonds. The molecule has 1 aromatic heterocycles. The molecule has 0 saturated carbocycles. The molecule has 0 fully saturated rings. The maximum atomic E-state index is 11.8. The summed E-state index contributed by atoms with van der Waals surface area (Å²) in [5, 5.41) is 7.53. The van der Waals surface area contributed by atoms with E-state index in [9.17, 15) is 4.79 Å². The Hall–Kier alpha value is -2.44. The normalized spacial score (nSPS) is 11.0. The molecule has 1 N–H and O–H groups in total. The van der Waals surface area contributed by atoms with Crippen molar-refractivity contribution in [1.29, 1.82) is 0 Å². The first-order valence-electron chi connectivity index (χ1n) is 6.77. The number of thiazole rings is 1. The first kappa shape index (κ1) is 15.5. The number of hydrogen-bond donors (Lipinski definition) is 1. The monoisotopic (exact) mass is 345 g/mol. The largest absolute Gasteiger partial charge is 0.386 e. The van der Waals surface area contributed by atoms with Crippen molar-refractivity contribution in [3.63, 3.8) is 0 Å². The molecule has 0 unspecified atom stereocenters. The van der Waals surface area contributed by atoms with E-state index >= 15 is 0 Å². The van der Waals surface area contributed by atoms with Crippen molar-refractivity contribution < 1.29 is 9.63 Å². The first-order chi connectivity index (χ1) is 11.2. The number of aromatic nitrogens is 1. The minimum absolute atomic E-state index is 0.198. The van der Waals surface area contributed by atoms with E-state index < -0.39 is 0 Å². The van der Waals surface area contributed by atoms with Crippen molar-refractivity contribution in [3.05, 3.63) is 59.1 Å². The molecule has 23 heavy (non-hydrogen) atoms. The Morgan fingerprint density at radius 3 is 2.87 bits per heavy atom. The van der Waals surface area contributed by atoms with E-state index in [0.29, 0.717) is 10.2 Å². The van der Waals surface area contributed by atoms with Gasteiger partial charge in [-0.25, -0.2) is 4.98 Å². The van der Waals surface area contributed by atoms with Crippen molar-refractivity contribution >= 4 is 50.4 Å². The first-order valence-corrected chi connectivity index (χ1v) is 7.97. The fourth-order valence-corrected chi connectivity index (χ4v) is 2.92. The van der Waals surface area contributed by atoms with E-state index in [2.05, 4.69) is 15.5 Å². The number of carbonyl (C=O) groups is 1. The van der Waals surface area contributed by atoms with E-state index in [1.807, 2.05) is 36.4 Å². The summed E-state index contributed by atoms with van der Waals surface area (Å²) in [6.07, 6.45) is 1.47. The van der Waals surface area contributed by atoms with Crippen molar-refractivity contribution in [2.75, 3.05) is 11.9 Å². The highest BCUT2D eigenvalue weighted by Crippen LogP contribution is 2.25. The van der Waals surface area contributed by atoms with Crippen LogP contribution in [0.4, 0.5) is 5.13 Å². The number of halogens is 1. The molecule has 0 bridgehead atoms. The van der Waals surface area contributed by atoms with Crippen LogP contribution in [0.3, 0.4) is 0 Å². The third kappa shape index (κ3) is 4.06. The lowest BCUT2D eigenvalue weighted by Gasteiger charge is -2.00. The summed E-state index contributed by atoms with van der Waals surface area (Å²) in [6.45, 7) is -0.198. The minimum atomic E-state index is -0.319. The number of para-hydroxylation sites is 1. The quantitative estimate of drug-likeness (QED) is 0.562. The highest BCUT2D eigenvalue weighted by atomic mass is 35.5. The lowest BCUT2D eigenvalue weighted by molar-refractivity contribution is -0.120. The maximum Gasteiger partial charge on any atom is 0.266 e. The Kier molecular flexibility index (Phi) is 4.85. The van der Waals surface area contributed by atoms with Gasteiger partial charge in [0.25, 0.3) is 5.91 Å². The van der Waals surface area contributed by atoms with Gasteiger partial charge >= 0.3 is 0 Å². The molecule has 0 atom stereocenters. The van der Waals surface area contributed by atoms with Crippen LogP contribution in [0.5, 0.6) is 0 Å². The molecule has 0 aliphatic rings. The topological polar surface area (TPSA) is 63.6 Å². The van der Waals surface area contributed by atoms with Gasteiger partial charge in [0, 0.05) is 10.6 Å². The number of fused-ring (bicyclic) bond motifs is 1. The summed E-state index contributed by atoms with van der Waals surface area (Å²) in [7, 11) is 0. The van der Waals surface area contributed by atoms with E-state index in [4.69, 9.17) is 16.4 Å². The number of rotatable bonds is 5. The third-order valence-electron chi connectivity index (χ3n) is 2.91. The summed E-state index contributed by atoms with van der Waals surface area (Å²) in [5.74, 6) is -0.319. The van der Waals surface area contributed by atoms with E-state index in [1.54, 1.807) is 12.1 Å². The van der Waals surface area contributed by atoms with Crippen LogP contribution in [0.25, 0.3) is 10.2 Å². The highest BCUT2D eigenvalue weighted by molar-refractivity contribution is 7.22. The molecule has 2 aromatic carbocycles. The number of amides is 1. The molecule has 0 spiro atoms. The van der Waals surface area contributed by atoms with Gasteiger partial charge in [0.2, 0.25) is 0 Å². The molecule has 0 saturated heterocycles. The van der Waals surface area contributed by atoms with Crippen LogP contribution < -0.4 is 5.32 Å². The lowest BCUT2D eigenvalue weighted by atomic mass is 10.2. The number of oxime groups is 1. The second-order valence-corrected chi connectivity index (χ2v) is 6.00. The average molecular weight is 346 g/mol. The zero-order chi connectivity index (χ0) is 16.1. The van der Waals surface area contributed by atoms with Gasteiger partial charge in [-0.3, -0.25) is 10.1 Å². The Labute approximate surface area is 141 Å². The van der Waals surface area contributed by atoms with E-state index in [0.717, 1.165) is 15.8 Å². The molecule has 116 valence electrons. The molecular weight excluding hydrogens is 334 g/mol. The van der Waals surface area contributed by atoms with Crippen LogP contribution >= 0.6 is 22.9 Å². The Morgan fingerprint density at radius 2 is 2.04 bits per heavy atom. The second kappa shape index (κ2) is 7.21. The van der Waals surface area contributed by atoms with Gasteiger partial charge in [-0.05, 0) is 18.2 Å². The van der Waals surface area contributed by atoms with Crippen LogP contribution in [0, 0.1) is 0 Å². The maximum absolute atomic E-state index is 11.8. The van der Waals surface area contributed by atoms with Crippen LogP contribution in [-0.2, 0) is 9.63 Å². The fourth-order valence-electron chi connectivity index (χ4n) is 1.85. The predicted octanol–water partition coefficient (Wildman–Crippen LogP) is 3.94. The average Bonchev–Trinajstić information content (AvgIpc) is 2.95. The summed E-state index contributed by atoms with van der Waals surface area (Å²) in [4.78, 5) is 21.1. The molecular formula is C16H12ClN3O2S. The predicted molar refractivity (Wildman–Crippen MR) is 93.2 cm³/mol. The summed E-state index contributed by atoms with van der Waals surface area (Å²) >= 11 is 7.39. The standard InChI is InChI=1S/C16H12ClN3O2S/c17-12-6-2-1-5-11(12)9-18-22-10-15(21)20-16-19-13-7-3-4-8-14(13)23-16/h1-9H,10H2,(H,19,20,21)/b18-9+. The van der Waals surface area contributed by atoms with Gasteiger partial charge in [0.1, 0.15) is 0 Å². The van der Waals surface area contributed by atoms with Gasteiger partial charge in [-0.15, -0.1) is 0 Å². The van der Waals surface area contributed by atoms with Crippen LogP contribution in [-0.4, -0.2) is 23.7 Å². The summed E-state index contributed by atoms with van der Waals surface area (Å²) < 4.78 is 1.01. The number of nitrogens with one attached hydrogen (secondary N) is 1.